The van der Waals surface area contributed by atoms with E-state index in [4.69, 9.17) is 19.4 Å². The van der Waals surface area contributed by atoms with Gasteiger partial charge in [0.1, 0.15) is 23.7 Å². The van der Waals surface area contributed by atoms with Crippen molar-refractivity contribution < 1.29 is 23.9 Å². The number of imidazole rings is 2. The van der Waals surface area contributed by atoms with Gasteiger partial charge >= 0.3 is 6.09 Å². The summed E-state index contributed by atoms with van der Waals surface area (Å²) in [4.78, 5) is 61.3. The van der Waals surface area contributed by atoms with Crippen LogP contribution in [0.4, 0.5) is 4.79 Å². The first-order chi connectivity index (χ1) is 31.3. The minimum Gasteiger partial charge on any atom is -0.483 e. The van der Waals surface area contributed by atoms with Crippen LogP contribution in [0.1, 0.15) is 121 Å². The molecule has 3 fully saturated rings. The predicted octanol–water partition coefficient (Wildman–Crippen LogP) is 9.51. The first-order valence-corrected chi connectivity index (χ1v) is 23.9. The van der Waals surface area contributed by atoms with Crippen molar-refractivity contribution in [3.8, 4) is 22.3 Å². The third-order valence-corrected chi connectivity index (χ3v) is 15.1. The summed E-state index contributed by atoms with van der Waals surface area (Å²) in [5.41, 5.74) is 11.7. The zero-order valence-electron chi connectivity index (χ0n) is 39.2. The van der Waals surface area contributed by atoms with Crippen LogP contribution in [0.15, 0.2) is 61.0 Å². The first-order valence-electron chi connectivity index (χ1n) is 23.9. The number of carbonyl (C=O) groups is 3. The van der Waals surface area contributed by atoms with Gasteiger partial charge in [0.15, 0.2) is 5.88 Å². The molecule has 9 rings (SSSR count). The van der Waals surface area contributed by atoms with E-state index in [0.717, 1.165) is 83.7 Å². The van der Waals surface area contributed by atoms with Crippen LogP contribution in [0.2, 0.25) is 0 Å². The Hall–Kier alpha value is -5.85. The maximum Gasteiger partial charge on any atom is 0.407 e. The number of methoxy groups -OCH3 is 2. The van der Waals surface area contributed by atoms with Gasteiger partial charge in [-0.2, -0.15) is 0 Å². The summed E-state index contributed by atoms with van der Waals surface area (Å²) in [6.07, 6.45) is 9.93. The van der Waals surface area contributed by atoms with Crippen molar-refractivity contribution in [2.75, 3.05) is 27.3 Å². The van der Waals surface area contributed by atoms with Gasteiger partial charge < -0.3 is 39.9 Å². The standard InChI is InChI=1S/C52H66N8O5/c1-29(2)45(53-32(6)64-7)49(61)59-23-9-11-43(59)47-54-39-17-13-33(25-41(39)56-47)35-15-16-36(38-28-52(27-37(35)38)21-19-31(5)20-22-52)34-14-18-40-42(26-34)57-48(55-40)44-12-10-24-60(44)50(62)46(30(3)4)58-51(63)65-8/h13-18,25-26,29-31,43-46,53H,6,9-12,19-24,27-28H2,1-5,7-8H3,(H,54,56)(H,55,57)(H,58,63)/t31?,43-,44-,45-,46-,52?/m0/s1. The fourth-order valence-corrected chi connectivity index (χ4v) is 11.3. The number of aromatic nitrogens is 4. The number of alkyl carbamates (subject to hydrolysis) is 1. The molecular formula is C52H66N8O5. The van der Waals surface area contributed by atoms with E-state index in [-0.39, 0.29) is 41.1 Å². The van der Waals surface area contributed by atoms with Crippen molar-refractivity contribution in [3.05, 3.63) is 83.8 Å². The van der Waals surface area contributed by atoms with Crippen LogP contribution in [0.25, 0.3) is 44.3 Å². The van der Waals surface area contributed by atoms with Crippen LogP contribution in [-0.4, -0.2) is 87.0 Å². The molecule has 13 nitrogen and oxygen atoms in total. The van der Waals surface area contributed by atoms with Gasteiger partial charge in [-0.05, 0) is 139 Å². The van der Waals surface area contributed by atoms with Crippen LogP contribution >= 0.6 is 0 Å². The van der Waals surface area contributed by atoms with Crippen LogP contribution in [0.5, 0.6) is 0 Å². The zero-order chi connectivity index (χ0) is 45.7. The number of nitrogens with zero attached hydrogens (tertiary/aromatic N) is 4. The van der Waals surface area contributed by atoms with Crippen molar-refractivity contribution in [3.63, 3.8) is 0 Å². The van der Waals surface area contributed by atoms with Gasteiger partial charge in [-0.1, -0.05) is 71.7 Å². The fraction of sp³-hybridized carbons (Fsp3) is 0.519. The molecule has 2 aliphatic heterocycles. The lowest BCUT2D eigenvalue weighted by Gasteiger charge is -2.36. The molecule has 65 heavy (non-hydrogen) atoms. The molecule has 13 heteroatoms. The van der Waals surface area contributed by atoms with Crippen molar-refractivity contribution in [2.24, 2.45) is 23.2 Å². The first kappa shape index (κ1) is 44.4. The number of hydrogen-bond donors (Lipinski definition) is 4. The van der Waals surface area contributed by atoms with E-state index in [0.29, 0.717) is 19.0 Å². The lowest BCUT2D eigenvalue weighted by Crippen LogP contribution is -2.51. The third-order valence-electron chi connectivity index (χ3n) is 15.1. The van der Waals surface area contributed by atoms with E-state index in [1.165, 1.54) is 60.6 Å². The third kappa shape index (κ3) is 8.47. The highest BCUT2D eigenvalue weighted by Gasteiger charge is 2.43. The normalized spacial score (nSPS) is 22.8. The quantitative estimate of drug-likeness (QED) is 0.0903. The zero-order valence-corrected chi connectivity index (χ0v) is 39.2. The molecule has 0 bridgehead atoms. The Morgan fingerprint density at radius 2 is 1.18 bits per heavy atom. The van der Waals surface area contributed by atoms with E-state index >= 15 is 0 Å². The summed E-state index contributed by atoms with van der Waals surface area (Å²) >= 11 is 0. The molecule has 0 radical (unpaired) electrons. The molecular weight excluding hydrogens is 817 g/mol. The second-order valence-corrected chi connectivity index (χ2v) is 20.1. The lowest BCUT2D eigenvalue weighted by atomic mass is 9.69. The number of fused-ring (bicyclic) bond motifs is 3. The molecule has 2 aromatic heterocycles. The summed E-state index contributed by atoms with van der Waals surface area (Å²) in [6, 6.07) is 16.3. The number of amides is 3. The number of benzene rings is 3. The molecule has 1 spiro atoms. The molecule has 2 aliphatic carbocycles. The monoisotopic (exact) mass is 883 g/mol. The number of nitrogens with one attached hydrogen (secondary N) is 4. The largest absolute Gasteiger partial charge is 0.483 e. The van der Waals surface area contributed by atoms with Crippen molar-refractivity contribution in [2.45, 2.75) is 123 Å². The van der Waals surface area contributed by atoms with Crippen molar-refractivity contribution >= 4 is 40.0 Å². The SMILES string of the molecule is C=C(N[C@H](C(=O)N1CCC[C@H]1c1nc2ccc(-c3ccc(-c4ccc5nc([C@@H]6CCCN6C(=O)[C@@H](NC(=O)OC)C(C)C)[nH]c5c4)c4c3CC3(CCC(C)CC3)C4)cc2[nH]1)C(C)C)OC. The molecule has 0 unspecified atom stereocenters. The number of likely N-dealkylation sites (tertiary alicyclic amines) is 2. The highest BCUT2D eigenvalue weighted by molar-refractivity contribution is 5.89. The van der Waals surface area contributed by atoms with E-state index in [9.17, 15) is 14.4 Å². The van der Waals surface area contributed by atoms with Gasteiger partial charge in [-0.25, -0.2) is 14.8 Å². The summed E-state index contributed by atoms with van der Waals surface area (Å²) in [6.45, 7) is 15.5. The number of hydrogen-bond acceptors (Lipinski definition) is 8. The molecule has 4 N–H and O–H groups in total. The Labute approximate surface area is 382 Å². The van der Waals surface area contributed by atoms with E-state index in [1.54, 1.807) is 7.11 Å². The smallest absolute Gasteiger partial charge is 0.407 e. The Balaban J connectivity index is 1.02. The van der Waals surface area contributed by atoms with Crippen LogP contribution in [-0.2, 0) is 31.9 Å². The van der Waals surface area contributed by atoms with Crippen molar-refractivity contribution in [1.82, 2.24) is 40.4 Å². The highest BCUT2D eigenvalue weighted by Crippen LogP contribution is 2.53. The van der Waals surface area contributed by atoms with Crippen molar-refractivity contribution in [1.29, 1.82) is 0 Å². The Morgan fingerprint density at radius 1 is 0.708 bits per heavy atom. The Morgan fingerprint density at radius 3 is 1.63 bits per heavy atom. The molecule has 5 aromatic rings. The van der Waals surface area contributed by atoms with Gasteiger partial charge in [-0.3, -0.25) is 9.59 Å². The molecule has 4 atom stereocenters. The maximum atomic E-state index is 14.0. The lowest BCUT2D eigenvalue weighted by molar-refractivity contribution is -0.136. The average Bonchev–Trinajstić information content (AvgIpc) is 4.15. The van der Waals surface area contributed by atoms with Gasteiger partial charge in [-0.15, -0.1) is 0 Å². The predicted molar refractivity (Wildman–Crippen MR) is 254 cm³/mol. The second kappa shape index (κ2) is 17.9. The molecule has 1 saturated carbocycles. The summed E-state index contributed by atoms with van der Waals surface area (Å²) in [7, 11) is 2.87. The minimum absolute atomic E-state index is 0.0363. The summed E-state index contributed by atoms with van der Waals surface area (Å²) in [5, 5.41) is 5.95. The fourth-order valence-electron chi connectivity index (χ4n) is 11.3. The van der Waals surface area contributed by atoms with Crippen LogP contribution in [0.3, 0.4) is 0 Å². The average molecular weight is 883 g/mol. The molecule has 4 aliphatic rings. The van der Waals surface area contributed by atoms with Crippen LogP contribution < -0.4 is 10.6 Å². The molecule has 3 aromatic carbocycles. The van der Waals surface area contributed by atoms with E-state index in [2.05, 4.69) is 82.6 Å². The Kier molecular flexibility index (Phi) is 12.2. The number of rotatable bonds is 12. The Bertz CT molecular complexity index is 2450. The van der Waals surface area contributed by atoms with E-state index in [1.807, 2.05) is 37.5 Å². The van der Waals surface area contributed by atoms with Gasteiger partial charge in [0.25, 0.3) is 0 Å². The number of carbonyl (C=O) groups excluding carboxylic acids is 3. The molecule has 2 saturated heterocycles. The highest BCUT2D eigenvalue weighted by atomic mass is 16.5. The van der Waals surface area contributed by atoms with Gasteiger partial charge in [0.05, 0.1) is 48.4 Å². The topological polar surface area (TPSA) is 158 Å². The minimum atomic E-state index is -0.687. The summed E-state index contributed by atoms with van der Waals surface area (Å²) < 4.78 is 10.1. The summed E-state index contributed by atoms with van der Waals surface area (Å²) in [5.74, 6) is 2.61. The number of H-pyrrole nitrogens is 2. The van der Waals surface area contributed by atoms with Gasteiger partial charge in [0.2, 0.25) is 11.8 Å². The van der Waals surface area contributed by atoms with E-state index < -0.39 is 18.2 Å². The number of aromatic amines is 2. The molecule has 344 valence electrons. The molecule has 4 heterocycles. The van der Waals surface area contributed by atoms with Gasteiger partial charge in [0, 0.05) is 13.1 Å². The van der Waals surface area contributed by atoms with Crippen LogP contribution in [0, 0.1) is 23.2 Å². The number of ether oxygens (including phenoxy) is 2. The maximum absolute atomic E-state index is 14.0. The second-order valence-electron chi connectivity index (χ2n) is 20.1. The molecule has 3 amide bonds.